The van der Waals surface area contributed by atoms with Crippen LogP contribution in [0.4, 0.5) is 0 Å². The number of nitrogens with one attached hydrogen (secondary N) is 1. The first-order valence-corrected chi connectivity index (χ1v) is 4.05. The Morgan fingerprint density at radius 2 is 2.08 bits per heavy atom. The number of rotatable bonds is 3. The zero-order chi connectivity index (χ0) is 9.19. The minimum atomic E-state index is -0.690. The minimum Gasteiger partial charge on any atom is -0.330 e. The normalized spacial score (nSPS) is 20.0. The van der Waals surface area contributed by atoms with Crippen LogP contribution in [0.3, 0.4) is 0 Å². The minimum absolute atomic E-state index is 0.159. The van der Waals surface area contributed by atoms with Crippen LogP contribution < -0.4 is 5.32 Å². The summed E-state index contributed by atoms with van der Waals surface area (Å²) in [5.41, 5.74) is 0.109. The van der Waals surface area contributed by atoms with Crippen LogP contribution in [0.2, 0.25) is 0 Å². The van der Waals surface area contributed by atoms with Crippen molar-refractivity contribution in [2.45, 2.75) is 26.7 Å². The Morgan fingerprint density at radius 3 is 2.42 bits per heavy atom. The Bertz CT molecular complexity index is 239. The molecule has 3 nitrogen and oxygen atoms in total. The lowest BCUT2D eigenvalue weighted by Crippen LogP contribution is -2.31. The largest absolute Gasteiger partial charge is 0.330 e. The fraction of sp³-hybridized carbons (Fsp3) is 0.556. The second-order valence-corrected chi connectivity index (χ2v) is 3.20. The topological polar surface area (TPSA) is 46.2 Å². The molecular weight excluding hydrogens is 154 g/mol. The number of hydrogen-bond acceptors (Lipinski definition) is 2. The summed E-state index contributed by atoms with van der Waals surface area (Å²) in [6, 6.07) is 0. The van der Waals surface area contributed by atoms with Crippen molar-refractivity contribution < 1.29 is 9.59 Å². The van der Waals surface area contributed by atoms with Crippen molar-refractivity contribution >= 4 is 12.2 Å². The van der Waals surface area contributed by atoms with Crippen molar-refractivity contribution in [3.63, 3.8) is 0 Å². The molecule has 0 saturated heterocycles. The van der Waals surface area contributed by atoms with Crippen molar-refractivity contribution in [2.24, 2.45) is 5.41 Å². The number of amides is 1. The highest BCUT2D eigenvalue weighted by atomic mass is 16.2. The summed E-state index contributed by atoms with van der Waals surface area (Å²) >= 11 is 0. The van der Waals surface area contributed by atoms with Crippen LogP contribution in [0.5, 0.6) is 0 Å². The van der Waals surface area contributed by atoms with Crippen LogP contribution in [0.1, 0.15) is 26.7 Å². The SMILES string of the molecule is C/C=C(\C)NC(=O)C1(C=O)CC1. The predicted molar refractivity (Wildman–Crippen MR) is 45.3 cm³/mol. The Kier molecular flexibility index (Phi) is 2.31. The van der Waals surface area contributed by atoms with Gasteiger partial charge in [-0.05, 0) is 26.7 Å². The first-order chi connectivity index (χ1) is 5.64. The van der Waals surface area contributed by atoms with Crippen molar-refractivity contribution in [2.75, 3.05) is 0 Å². The van der Waals surface area contributed by atoms with E-state index in [2.05, 4.69) is 5.32 Å². The third-order valence-electron chi connectivity index (χ3n) is 2.21. The summed E-state index contributed by atoms with van der Waals surface area (Å²) in [6.45, 7) is 3.65. The quantitative estimate of drug-likeness (QED) is 0.503. The summed E-state index contributed by atoms with van der Waals surface area (Å²) in [4.78, 5) is 21.9. The molecule has 0 aromatic carbocycles. The average molecular weight is 167 g/mol. The van der Waals surface area contributed by atoms with Gasteiger partial charge in [-0.1, -0.05) is 6.08 Å². The zero-order valence-electron chi connectivity index (χ0n) is 7.39. The molecule has 0 aromatic heterocycles. The van der Waals surface area contributed by atoms with Gasteiger partial charge in [0, 0.05) is 5.70 Å². The highest BCUT2D eigenvalue weighted by molar-refractivity contribution is 6.00. The van der Waals surface area contributed by atoms with E-state index >= 15 is 0 Å². The molecule has 0 bridgehead atoms. The fourth-order valence-electron chi connectivity index (χ4n) is 0.909. The van der Waals surface area contributed by atoms with Crippen LogP contribution in [-0.2, 0) is 9.59 Å². The maximum absolute atomic E-state index is 11.3. The van der Waals surface area contributed by atoms with E-state index in [9.17, 15) is 9.59 Å². The van der Waals surface area contributed by atoms with Crippen LogP contribution >= 0.6 is 0 Å². The van der Waals surface area contributed by atoms with E-state index in [1.165, 1.54) is 0 Å². The molecule has 1 aliphatic carbocycles. The summed E-state index contributed by atoms with van der Waals surface area (Å²) in [7, 11) is 0. The first-order valence-electron chi connectivity index (χ1n) is 4.05. The van der Waals surface area contributed by atoms with Crippen LogP contribution in [-0.4, -0.2) is 12.2 Å². The third kappa shape index (κ3) is 1.55. The molecule has 66 valence electrons. The van der Waals surface area contributed by atoms with Crippen molar-refractivity contribution in [3.8, 4) is 0 Å². The highest BCUT2D eigenvalue weighted by Gasteiger charge is 2.49. The van der Waals surface area contributed by atoms with Gasteiger partial charge in [-0.25, -0.2) is 0 Å². The average Bonchev–Trinajstić information content (AvgIpc) is 2.84. The highest BCUT2D eigenvalue weighted by Crippen LogP contribution is 2.43. The molecular formula is C9H13NO2. The molecule has 1 saturated carbocycles. The Hall–Kier alpha value is -1.12. The number of hydrogen-bond donors (Lipinski definition) is 1. The molecule has 0 aliphatic heterocycles. The van der Waals surface area contributed by atoms with Gasteiger partial charge in [-0.3, -0.25) is 4.79 Å². The molecule has 1 rings (SSSR count). The van der Waals surface area contributed by atoms with Gasteiger partial charge < -0.3 is 10.1 Å². The lowest BCUT2D eigenvalue weighted by molar-refractivity contribution is -0.130. The lowest BCUT2D eigenvalue weighted by atomic mass is 10.1. The van der Waals surface area contributed by atoms with E-state index < -0.39 is 5.41 Å². The van der Waals surface area contributed by atoms with Gasteiger partial charge in [0.25, 0.3) is 0 Å². The molecule has 1 aliphatic rings. The maximum Gasteiger partial charge on any atom is 0.237 e. The van der Waals surface area contributed by atoms with Crippen LogP contribution in [0, 0.1) is 5.41 Å². The van der Waals surface area contributed by atoms with Crippen LogP contribution in [0.25, 0.3) is 0 Å². The molecule has 0 heterocycles. The third-order valence-corrected chi connectivity index (χ3v) is 2.21. The number of allylic oxidation sites excluding steroid dienone is 2. The number of carbonyl (C=O) groups is 2. The summed E-state index contributed by atoms with van der Waals surface area (Å²) in [6.07, 6.45) is 3.95. The number of carbonyl (C=O) groups excluding carboxylic acids is 2. The van der Waals surface area contributed by atoms with Gasteiger partial charge in [0.2, 0.25) is 5.91 Å². The van der Waals surface area contributed by atoms with E-state index in [1.807, 2.05) is 6.92 Å². The van der Waals surface area contributed by atoms with E-state index in [4.69, 9.17) is 0 Å². The Balaban J connectivity index is 2.55. The Labute approximate surface area is 71.8 Å². The zero-order valence-corrected chi connectivity index (χ0v) is 7.39. The molecule has 0 aromatic rings. The van der Waals surface area contributed by atoms with Gasteiger partial charge in [-0.2, -0.15) is 0 Å². The molecule has 1 amide bonds. The van der Waals surface area contributed by atoms with Gasteiger partial charge in [0.15, 0.2) is 0 Å². The van der Waals surface area contributed by atoms with E-state index in [-0.39, 0.29) is 5.91 Å². The van der Waals surface area contributed by atoms with Crippen LogP contribution in [0.15, 0.2) is 11.8 Å². The molecule has 0 radical (unpaired) electrons. The van der Waals surface area contributed by atoms with Gasteiger partial charge in [0.1, 0.15) is 11.7 Å². The summed E-state index contributed by atoms with van der Waals surface area (Å²) in [5, 5.41) is 2.67. The van der Waals surface area contributed by atoms with E-state index in [1.54, 1.807) is 13.0 Å². The molecule has 1 N–H and O–H groups in total. The molecule has 12 heavy (non-hydrogen) atoms. The lowest BCUT2D eigenvalue weighted by Gasteiger charge is -2.08. The predicted octanol–water partition coefficient (Wildman–Crippen LogP) is 1.01. The molecule has 3 heteroatoms. The second kappa shape index (κ2) is 3.09. The summed E-state index contributed by atoms with van der Waals surface area (Å²) < 4.78 is 0. The smallest absolute Gasteiger partial charge is 0.237 e. The van der Waals surface area contributed by atoms with Crippen molar-refractivity contribution in [3.05, 3.63) is 11.8 Å². The summed E-state index contributed by atoms with van der Waals surface area (Å²) in [5.74, 6) is -0.159. The standard InChI is InChI=1S/C9H13NO2/c1-3-7(2)10-8(12)9(6-11)4-5-9/h3,6H,4-5H2,1-2H3,(H,10,12)/b7-3+. The molecule has 0 unspecified atom stereocenters. The monoisotopic (exact) mass is 167 g/mol. The van der Waals surface area contributed by atoms with Gasteiger partial charge >= 0.3 is 0 Å². The maximum atomic E-state index is 11.3. The number of aldehydes is 1. The second-order valence-electron chi connectivity index (χ2n) is 3.20. The molecule has 0 spiro atoms. The van der Waals surface area contributed by atoms with E-state index in [0.29, 0.717) is 12.8 Å². The Morgan fingerprint density at radius 1 is 1.50 bits per heavy atom. The molecule has 1 fully saturated rings. The fourth-order valence-corrected chi connectivity index (χ4v) is 0.909. The van der Waals surface area contributed by atoms with Crippen molar-refractivity contribution in [1.29, 1.82) is 0 Å². The molecule has 0 atom stereocenters. The van der Waals surface area contributed by atoms with E-state index in [0.717, 1.165) is 12.0 Å². The van der Waals surface area contributed by atoms with Crippen molar-refractivity contribution in [1.82, 2.24) is 5.32 Å². The van der Waals surface area contributed by atoms with Gasteiger partial charge in [0.05, 0.1) is 0 Å². The first kappa shape index (κ1) is 8.97. The van der Waals surface area contributed by atoms with Gasteiger partial charge in [-0.15, -0.1) is 0 Å².